The SMILES string of the molecule is CCN(CC)CCN(C(=O)COc1ccc(Cl)cc1)c1nc2c(F)cccc2s1. The van der Waals surface area contributed by atoms with Gasteiger partial charge in [-0.25, -0.2) is 9.37 Å². The summed E-state index contributed by atoms with van der Waals surface area (Å²) in [7, 11) is 0. The Kier molecular flexibility index (Phi) is 7.41. The zero-order chi connectivity index (χ0) is 20.8. The molecular weight excluding hydrogens is 413 g/mol. The van der Waals surface area contributed by atoms with Gasteiger partial charge in [-0.05, 0) is 49.5 Å². The lowest BCUT2D eigenvalue weighted by molar-refractivity contribution is -0.120. The van der Waals surface area contributed by atoms with Crippen LogP contribution in [0.5, 0.6) is 5.75 Å². The van der Waals surface area contributed by atoms with Crippen molar-refractivity contribution >= 4 is 44.2 Å². The van der Waals surface area contributed by atoms with Crippen LogP contribution in [0.25, 0.3) is 10.2 Å². The molecular formula is C21H23ClFN3O2S. The lowest BCUT2D eigenvalue weighted by atomic mass is 10.3. The van der Waals surface area contributed by atoms with Crippen LogP contribution in [0.4, 0.5) is 9.52 Å². The van der Waals surface area contributed by atoms with Crippen molar-refractivity contribution in [1.29, 1.82) is 0 Å². The van der Waals surface area contributed by atoms with Crippen LogP contribution in [-0.2, 0) is 4.79 Å². The number of halogens is 2. The molecule has 3 rings (SSSR count). The van der Waals surface area contributed by atoms with Gasteiger partial charge in [-0.3, -0.25) is 9.69 Å². The van der Waals surface area contributed by atoms with E-state index in [2.05, 4.69) is 23.7 Å². The molecule has 0 aliphatic rings. The molecule has 5 nitrogen and oxygen atoms in total. The van der Waals surface area contributed by atoms with Crippen molar-refractivity contribution in [3.05, 3.63) is 53.3 Å². The van der Waals surface area contributed by atoms with Crippen LogP contribution in [0.2, 0.25) is 5.02 Å². The summed E-state index contributed by atoms with van der Waals surface area (Å²) in [6.07, 6.45) is 0. The van der Waals surface area contributed by atoms with Gasteiger partial charge < -0.3 is 9.64 Å². The minimum absolute atomic E-state index is 0.141. The Labute approximate surface area is 178 Å². The van der Waals surface area contributed by atoms with Gasteiger partial charge in [0.15, 0.2) is 11.7 Å². The molecule has 2 aromatic carbocycles. The standard InChI is InChI=1S/C21H23ClFN3O2S/c1-3-25(4-2)12-13-26(19(27)14-28-16-10-8-15(22)9-11-16)21-24-20-17(23)6-5-7-18(20)29-21/h5-11H,3-4,12-14H2,1-2H3. The van der Waals surface area contributed by atoms with E-state index in [-0.39, 0.29) is 18.0 Å². The van der Waals surface area contributed by atoms with E-state index in [1.54, 1.807) is 41.3 Å². The summed E-state index contributed by atoms with van der Waals surface area (Å²) >= 11 is 7.18. The van der Waals surface area contributed by atoms with E-state index in [4.69, 9.17) is 16.3 Å². The van der Waals surface area contributed by atoms with Crippen molar-refractivity contribution in [1.82, 2.24) is 9.88 Å². The van der Waals surface area contributed by atoms with E-state index in [1.165, 1.54) is 17.4 Å². The highest BCUT2D eigenvalue weighted by atomic mass is 35.5. The summed E-state index contributed by atoms with van der Waals surface area (Å²) in [4.78, 5) is 21.1. The van der Waals surface area contributed by atoms with Crippen LogP contribution in [0.1, 0.15) is 13.8 Å². The van der Waals surface area contributed by atoms with Crippen molar-refractivity contribution in [2.24, 2.45) is 0 Å². The predicted molar refractivity (Wildman–Crippen MR) is 117 cm³/mol. The normalized spacial score (nSPS) is 11.2. The molecule has 0 fully saturated rings. The molecule has 0 aliphatic carbocycles. The third-order valence-corrected chi connectivity index (χ3v) is 5.90. The minimum Gasteiger partial charge on any atom is -0.484 e. The first-order valence-corrected chi connectivity index (χ1v) is 10.7. The fourth-order valence-corrected chi connectivity index (χ4v) is 4.03. The molecule has 154 valence electrons. The Morgan fingerprint density at radius 2 is 1.86 bits per heavy atom. The Bertz CT molecular complexity index is 960. The summed E-state index contributed by atoms with van der Waals surface area (Å²) in [5, 5.41) is 1.07. The molecule has 1 aromatic heterocycles. The van der Waals surface area contributed by atoms with Gasteiger partial charge in [0.1, 0.15) is 17.1 Å². The fraction of sp³-hybridized carbons (Fsp3) is 0.333. The number of amides is 1. The third kappa shape index (κ3) is 5.44. The first kappa shape index (κ1) is 21.5. The number of ether oxygens (including phenoxy) is 1. The largest absolute Gasteiger partial charge is 0.484 e. The number of carbonyl (C=O) groups excluding carboxylic acids is 1. The number of hydrogen-bond acceptors (Lipinski definition) is 5. The van der Waals surface area contributed by atoms with Crippen molar-refractivity contribution < 1.29 is 13.9 Å². The molecule has 0 atom stereocenters. The Balaban J connectivity index is 1.79. The monoisotopic (exact) mass is 435 g/mol. The summed E-state index contributed by atoms with van der Waals surface area (Å²) < 4.78 is 20.4. The van der Waals surface area contributed by atoms with E-state index in [0.717, 1.165) is 13.1 Å². The van der Waals surface area contributed by atoms with Crippen LogP contribution in [-0.4, -0.2) is 48.6 Å². The smallest absolute Gasteiger partial charge is 0.266 e. The molecule has 0 radical (unpaired) electrons. The first-order chi connectivity index (χ1) is 14.0. The maximum absolute atomic E-state index is 14.1. The van der Waals surface area contributed by atoms with Crippen molar-refractivity contribution in [2.75, 3.05) is 37.7 Å². The number of para-hydroxylation sites is 1. The number of rotatable bonds is 9. The van der Waals surface area contributed by atoms with Crippen molar-refractivity contribution in [2.45, 2.75) is 13.8 Å². The zero-order valence-corrected chi connectivity index (χ0v) is 18.0. The lowest BCUT2D eigenvalue weighted by Crippen LogP contribution is -2.41. The van der Waals surface area contributed by atoms with Gasteiger partial charge in [0.2, 0.25) is 0 Å². The average molecular weight is 436 g/mol. The summed E-state index contributed by atoms with van der Waals surface area (Å²) in [5.41, 5.74) is 0.284. The van der Waals surface area contributed by atoms with Crippen LogP contribution < -0.4 is 9.64 Å². The van der Waals surface area contributed by atoms with Gasteiger partial charge in [-0.1, -0.05) is 42.9 Å². The minimum atomic E-state index is -0.390. The maximum Gasteiger partial charge on any atom is 0.266 e. The molecule has 0 saturated heterocycles. The molecule has 0 unspecified atom stereocenters. The first-order valence-electron chi connectivity index (χ1n) is 9.48. The van der Waals surface area contributed by atoms with Gasteiger partial charge in [0, 0.05) is 18.1 Å². The highest BCUT2D eigenvalue weighted by Crippen LogP contribution is 2.30. The highest BCUT2D eigenvalue weighted by Gasteiger charge is 2.22. The molecule has 1 heterocycles. The fourth-order valence-electron chi connectivity index (χ4n) is 2.88. The van der Waals surface area contributed by atoms with E-state index < -0.39 is 5.82 Å². The number of carbonyl (C=O) groups is 1. The van der Waals surface area contributed by atoms with Crippen LogP contribution >= 0.6 is 22.9 Å². The van der Waals surface area contributed by atoms with E-state index >= 15 is 0 Å². The maximum atomic E-state index is 14.1. The van der Waals surface area contributed by atoms with Crippen LogP contribution in [0, 0.1) is 5.82 Å². The Morgan fingerprint density at radius 3 is 2.52 bits per heavy atom. The molecule has 8 heteroatoms. The summed E-state index contributed by atoms with van der Waals surface area (Å²) in [5.74, 6) is -0.0630. The molecule has 0 bridgehead atoms. The van der Waals surface area contributed by atoms with Gasteiger partial charge in [-0.15, -0.1) is 0 Å². The highest BCUT2D eigenvalue weighted by molar-refractivity contribution is 7.22. The van der Waals surface area contributed by atoms with Gasteiger partial charge in [0.05, 0.1) is 4.70 Å². The second kappa shape index (κ2) is 10.0. The van der Waals surface area contributed by atoms with Gasteiger partial charge in [-0.2, -0.15) is 0 Å². The number of likely N-dealkylation sites (N-methyl/N-ethyl adjacent to an activating group) is 1. The third-order valence-electron chi connectivity index (χ3n) is 4.60. The Hall–Kier alpha value is -2.22. The number of nitrogens with zero attached hydrogens (tertiary/aromatic N) is 3. The average Bonchev–Trinajstić information content (AvgIpc) is 3.16. The second-order valence-electron chi connectivity index (χ2n) is 6.40. The van der Waals surface area contributed by atoms with Crippen LogP contribution in [0.15, 0.2) is 42.5 Å². The number of hydrogen-bond donors (Lipinski definition) is 0. The Morgan fingerprint density at radius 1 is 1.14 bits per heavy atom. The zero-order valence-electron chi connectivity index (χ0n) is 16.4. The second-order valence-corrected chi connectivity index (χ2v) is 7.84. The number of aromatic nitrogens is 1. The summed E-state index contributed by atoms with van der Waals surface area (Å²) in [6, 6.07) is 11.7. The van der Waals surface area contributed by atoms with Gasteiger partial charge in [0.25, 0.3) is 5.91 Å². The number of fused-ring (bicyclic) bond motifs is 1. The predicted octanol–water partition coefficient (Wildman–Crippen LogP) is 4.84. The number of benzene rings is 2. The molecule has 0 aliphatic heterocycles. The van der Waals surface area contributed by atoms with Gasteiger partial charge >= 0.3 is 0 Å². The molecule has 0 N–H and O–H groups in total. The van der Waals surface area contributed by atoms with Crippen molar-refractivity contribution in [3.63, 3.8) is 0 Å². The molecule has 0 spiro atoms. The van der Waals surface area contributed by atoms with Crippen LogP contribution in [0.3, 0.4) is 0 Å². The van der Waals surface area contributed by atoms with E-state index in [0.29, 0.717) is 33.7 Å². The molecule has 0 saturated carbocycles. The quantitative estimate of drug-likeness (QED) is 0.482. The molecule has 29 heavy (non-hydrogen) atoms. The number of anilines is 1. The summed E-state index contributed by atoms with van der Waals surface area (Å²) in [6.45, 7) is 6.92. The van der Waals surface area contributed by atoms with E-state index in [9.17, 15) is 9.18 Å². The molecule has 3 aromatic rings. The topological polar surface area (TPSA) is 45.7 Å². The number of thiazole rings is 1. The van der Waals surface area contributed by atoms with Crippen molar-refractivity contribution in [3.8, 4) is 5.75 Å². The molecule has 1 amide bonds. The van der Waals surface area contributed by atoms with E-state index in [1.807, 2.05) is 0 Å². The lowest BCUT2D eigenvalue weighted by Gasteiger charge is -2.24.